The Morgan fingerprint density at radius 2 is 1.40 bits per heavy atom. The lowest BCUT2D eigenvalue weighted by Gasteiger charge is -2.25. The average Bonchev–Trinajstić information content (AvgIpc) is 2.97. The van der Waals surface area contributed by atoms with Crippen molar-refractivity contribution in [3.63, 3.8) is 0 Å². The fourth-order valence-electron chi connectivity index (χ4n) is 4.57. The third-order valence-corrected chi connectivity index (χ3v) is 12.7. The largest absolute Gasteiger partial charge is 0.469 e. The number of allylic oxidation sites excluding steroid dienone is 1. The predicted molar refractivity (Wildman–Crippen MR) is 139 cm³/mol. The molecule has 0 saturated carbocycles. The zero-order chi connectivity index (χ0) is 25.8. The van der Waals surface area contributed by atoms with E-state index in [1.54, 1.807) is 0 Å². The molecule has 0 spiro atoms. The minimum atomic E-state index is -4.16. The number of unbranched alkanes of at least 4 members (excludes halogenated alkanes) is 9. The van der Waals surface area contributed by atoms with Crippen molar-refractivity contribution in [2.24, 2.45) is 0 Å². The summed E-state index contributed by atoms with van der Waals surface area (Å²) in [5, 5.41) is 0. The van der Waals surface area contributed by atoms with Crippen LogP contribution in [0.1, 0.15) is 96.8 Å². The molecule has 1 aromatic rings. The Labute approximate surface area is 211 Å². The number of methoxy groups -OCH3 is 1. The van der Waals surface area contributed by atoms with Crippen LogP contribution in [0.5, 0.6) is 0 Å². The van der Waals surface area contributed by atoms with E-state index in [9.17, 15) is 21.6 Å². The standard InChI is InChI=1S/C27H40O6S2/c1-3-4-5-6-7-8-9-10-11-12-13-14-17-22-27(23-18-21-26(28)33-2)34(29,30)24-19-15-16-20-25(24)35(27,31)32/h13,15-17,19-20H,3-12,18,21-23H2,1-2H3. The summed E-state index contributed by atoms with van der Waals surface area (Å²) in [5.74, 6) is -0.498. The van der Waals surface area contributed by atoms with Crippen molar-refractivity contribution in [3.05, 3.63) is 42.1 Å². The Hall–Kier alpha value is -1.89. The SMILES string of the molecule is CCCCCCCCCCCC=C=CCC1(CCCC(=O)OC)S(=O)(=O)c2ccccc2S1(=O)=O. The lowest BCUT2D eigenvalue weighted by atomic mass is 10.1. The second-order valence-corrected chi connectivity index (χ2v) is 13.9. The van der Waals surface area contributed by atoms with E-state index < -0.39 is 29.7 Å². The van der Waals surface area contributed by atoms with Gasteiger partial charge in [-0.25, -0.2) is 16.8 Å². The molecule has 0 saturated heterocycles. The van der Waals surface area contributed by atoms with Crippen molar-refractivity contribution >= 4 is 25.6 Å². The van der Waals surface area contributed by atoms with Gasteiger partial charge in [0.05, 0.1) is 16.9 Å². The molecule has 2 rings (SSSR count). The van der Waals surface area contributed by atoms with Crippen LogP contribution in [-0.4, -0.2) is 34.0 Å². The van der Waals surface area contributed by atoms with Crippen LogP contribution in [0.15, 0.2) is 51.9 Å². The van der Waals surface area contributed by atoms with Gasteiger partial charge in [-0.3, -0.25) is 4.79 Å². The molecule has 1 aliphatic rings. The van der Waals surface area contributed by atoms with Gasteiger partial charge in [-0.15, -0.1) is 5.73 Å². The smallest absolute Gasteiger partial charge is 0.305 e. The predicted octanol–water partition coefficient (Wildman–Crippen LogP) is 6.31. The average molecular weight is 525 g/mol. The van der Waals surface area contributed by atoms with E-state index in [0.29, 0.717) is 0 Å². The molecule has 0 atom stereocenters. The van der Waals surface area contributed by atoms with E-state index in [2.05, 4.69) is 17.4 Å². The Balaban J connectivity index is 2.02. The quantitative estimate of drug-likeness (QED) is 0.143. The molecule has 0 aliphatic carbocycles. The number of carbonyl (C=O) groups excluding carboxylic acids is 1. The number of sulfone groups is 2. The number of benzene rings is 1. The highest BCUT2D eigenvalue weighted by atomic mass is 32.3. The first-order valence-corrected chi connectivity index (χ1v) is 15.8. The van der Waals surface area contributed by atoms with Gasteiger partial charge in [-0.2, -0.15) is 0 Å². The van der Waals surface area contributed by atoms with Gasteiger partial charge >= 0.3 is 5.97 Å². The van der Waals surface area contributed by atoms with Crippen LogP contribution in [0, 0.1) is 0 Å². The van der Waals surface area contributed by atoms with Gasteiger partial charge in [0.2, 0.25) is 0 Å². The molecule has 0 radical (unpaired) electrons. The van der Waals surface area contributed by atoms with Crippen LogP contribution in [0.25, 0.3) is 0 Å². The number of hydrogen-bond donors (Lipinski definition) is 0. The number of fused-ring (bicyclic) bond motifs is 1. The van der Waals surface area contributed by atoms with E-state index in [4.69, 9.17) is 0 Å². The van der Waals surface area contributed by atoms with E-state index in [0.717, 1.165) is 19.3 Å². The molecule has 8 heteroatoms. The van der Waals surface area contributed by atoms with Gasteiger partial charge in [0, 0.05) is 12.8 Å². The lowest BCUT2D eigenvalue weighted by molar-refractivity contribution is -0.140. The molecular weight excluding hydrogens is 484 g/mol. The molecule has 0 amide bonds. The Kier molecular flexibility index (Phi) is 11.7. The van der Waals surface area contributed by atoms with Crippen LogP contribution in [0.2, 0.25) is 0 Å². The van der Waals surface area contributed by atoms with Gasteiger partial charge in [-0.1, -0.05) is 70.4 Å². The zero-order valence-corrected chi connectivity index (χ0v) is 22.8. The second kappa shape index (κ2) is 14.0. The monoisotopic (exact) mass is 524 g/mol. The summed E-state index contributed by atoms with van der Waals surface area (Å²) in [5.41, 5.74) is 3.00. The van der Waals surface area contributed by atoms with Gasteiger partial charge < -0.3 is 4.74 Å². The van der Waals surface area contributed by atoms with Gasteiger partial charge in [0.1, 0.15) is 0 Å². The second-order valence-electron chi connectivity index (χ2n) is 9.19. The third-order valence-electron chi connectivity index (χ3n) is 6.67. The van der Waals surface area contributed by atoms with Gasteiger partial charge in [0.25, 0.3) is 0 Å². The summed E-state index contributed by atoms with van der Waals surface area (Å²) < 4.78 is 56.5. The number of rotatable bonds is 16. The molecule has 0 aromatic heterocycles. The highest BCUT2D eigenvalue weighted by Gasteiger charge is 2.61. The summed E-state index contributed by atoms with van der Waals surface area (Å²) in [6.07, 6.45) is 15.0. The Bertz CT molecular complexity index is 1040. The van der Waals surface area contributed by atoms with Crippen LogP contribution in [0.3, 0.4) is 0 Å². The maximum absolute atomic E-state index is 13.5. The Morgan fingerprint density at radius 1 is 0.857 bits per heavy atom. The molecule has 1 heterocycles. The topological polar surface area (TPSA) is 94.6 Å². The molecule has 1 aliphatic heterocycles. The molecule has 35 heavy (non-hydrogen) atoms. The fraction of sp³-hybridized carbons (Fsp3) is 0.630. The molecular formula is C27H40O6S2. The molecule has 1 aromatic carbocycles. The van der Waals surface area contributed by atoms with Gasteiger partial charge in [-0.05, 0) is 50.0 Å². The number of esters is 1. The van der Waals surface area contributed by atoms with E-state index in [1.165, 1.54) is 82.4 Å². The first-order chi connectivity index (χ1) is 16.7. The third kappa shape index (κ3) is 7.08. The lowest BCUT2D eigenvalue weighted by Crippen LogP contribution is -2.41. The molecule has 6 nitrogen and oxygen atoms in total. The van der Waals surface area contributed by atoms with Crippen molar-refractivity contribution in [2.75, 3.05) is 7.11 Å². The van der Waals surface area contributed by atoms with Crippen molar-refractivity contribution in [3.8, 4) is 0 Å². The fourth-order valence-corrected chi connectivity index (χ4v) is 10.3. The van der Waals surface area contributed by atoms with Crippen molar-refractivity contribution in [1.29, 1.82) is 0 Å². The number of hydrogen-bond acceptors (Lipinski definition) is 6. The number of carbonyl (C=O) groups is 1. The van der Waals surface area contributed by atoms with Crippen LogP contribution >= 0.6 is 0 Å². The molecule has 0 fully saturated rings. The summed E-state index contributed by atoms with van der Waals surface area (Å²) in [7, 11) is -7.08. The van der Waals surface area contributed by atoms with Crippen molar-refractivity contribution in [1.82, 2.24) is 0 Å². The van der Waals surface area contributed by atoms with Crippen LogP contribution < -0.4 is 0 Å². The maximum Gasteiger partial charge on any atom is 0.305 e. The Morgan fingerprint density at radius 3 is 1.94 bits per heavy atom. The van der Waals surface area contributed by atoms with Crippen LogP contribution in [0.4, 0.5) is 0 Å². The summed E-state index contributed by atoms with van der Waals surface area (Å²) >= 11 is 0. The highest BCUT2D eigenvalue weighted by Crippen LogP contribution is 2.50. The van der Waals surface area contributed by atoms with Crippen molar-refractivity contribution < 1.29 is 26.4 Å². The number of ether oxygens (including phenoxy) is 1. The van der Waals surface area contributed by atoms with E-state index in [1.807, 2.05) is 6.08 Å². The minimum Gasteiger partial charge on any atom is -0.469 e. The van der Waals surface area contributed by atoms with Crippen LogP contribution in [-0.2, 0) is 29.2 Å². The molecule has 196 valence electrons. The van der Waals surface area contributed by atoms with Crippen molar-refractivity contribution in [2.45, 2.75) is 111 Å². The molecule has 0 unspecified atom stereocenters. The summed E-state index contributed by atoms with van der Waals surface area (Å²) in [6, 6.07) is 5.73. The first kappa shape index (κ1) is 29.3. The first-order valence-electron chi connectivity index (χ1n) is 12.8. The highest BCUT2D eigenvalue weighted by molar-refractivity contribution is 8.13. The minimum absolute atomic E-state index is 0.0439. The van der Waals surface area contributed by atoms with E-state index >= 15 is 0 Å². The zero-order valence-electron chi connectivity index (χ0n) is 21.1. The van der Waals surface area contributed by atoms with E-state index in [-0.39, 0.29) is 35.5 Å². The van der Waals surface area contributed by atoms with Gasteiger partial charge in [0.15, 0.2) is 23.8 Å². The normalized spacial score (nSPS) is 16.7. The molecule has 0 N–H and O–H groups in total. The molecule has 0 bridgehead atoms. The summed E-state index contributed by atoms with van der Waals surface area (Å²) in [6.45, 7) is 2.22. The maximum atomic E-state index is 13.5. The summed E-state index contributed by atoms with van der Waals surface area (Å²) in [4.78, 5) is 11.2.